The molecule has 3 rings (SSSR count). The van der Waals surface area contributed by atoms with Gasteiger partial charge in [0.1, 0.15) is 5.75 Å². The highest BCUT2D eigenvalue weighted by Crippen LogP contribution is 2.25. The molecule has 0 saturated carbocycles. The Kier molecular flexibility index (Phi) is 8.01. The Balaban J connectivity index is 1.84. The molecule has 1 atom stereocenters. The SMILES string of the molecule is COC(=O)c1cc(C(=O)OC(C)C(=O)c2cc(C)n(-c3ccc(OC(F)F)cc3)c2C)cc([N+](=O)[O-])c1. The molecule has 1 unspecified atom stereocenters. The highest BCUT2D eigenvalue weighted by molar-refractivity contribution is 6.03. The van der Waals surface area contributed by atoms with Crippen LogP contribution in [0.4, 0.5) is 14.5 Å². The molecule has 37 heavy (non-hydrogen) atoms. The van der Waals surface area contributed by atoms with Gasteiger partial charge in [0, 0.05) is 34.8 Å². The zero-order valence-electron chi connectivity index (χ0n) is 20.2. The zero-order chi connectivity index (χ0) is 27.4. The van der Waals surface area contributed by atoms with Crippen LogP contribution in [0.15, 0.2) is 48.5 Å². The van der Waals surface area contributed by atoms with E-state index >= 15 is 0 Å². The predicted molar refractivity (Wildman–Crippen MR) is 126 cm³/mol. The number of rotatable bonds is 9. The van der Waals surface area contributed by atoms with Gasteiger partial charge in [-0.15, -0.1) is 0 Å². The van der Waals surface area contributed by atoms with Crippen molar-refractivity contribution in [2.45, 2.75) is 33.5 Å². The van der Waals surface area contributed by atoms with Crippen LogP contribution in [-0.2, 0) is 9.47 Å². The van der Waals surface area contributed by atoms with Gasteiger partial charge in [0.25, 0.3) is 5.69 Å². The zero-order valence-corrected chi connectivity index (χ0v) is 20.2. The Morgan fingerprint density at radius 1 is 0.973 bits per heavy atom. The van der Waals surface area contributed by atoms with Gasteiger partial charge in [-0.25, -0.2) is 9.59 Å². The number of carbonyl (C=O) groups is 3. The first kappa shape index (κ1) is 27.0. The van der Waals surface area contributed by atoms with E-state index in [4.69, 9.17) is 4.74 Å². The first-order valence-corrected chi connectivity index (χ1v) is 10.8. The summed E-state index contributed by atoms with van der Waals surface area (Å²) in [4.78, 5) is 48.1. The minimum absolute atomic E-state index is 0.0189. The number of non-ortho nitro benzene ring substituents is 1. The van der Waals surface area contributed by atoms with Crippen LogP contribution in [0, 0.1) is 24.0 Å². The number of esters is 2. The lowest BCUT2D eigenvalue weighted by molar-refractivity contribution is -0.384. The molecular weight excluding hydrogens is 494 g/mol. The third-order valence-electron chi connectivity index (χ3n) is 5.46. The van der Waals surface area contributed by atoms with Crippen molar-refractivity contribution in [3.63, 3.8) is 0 Å². The van der Waals surface area contributed by atoms with Crippen LogP contribution >= 0.6 is 0 Å². The molecule has 0 saturated heterocycles. The second kappa shape index (κ2) is 11.0. The van der Waals surface area contributed by atoms with Gasteiger partial charge in [-0.3, -0.25) is 14.9 Å². The number of benzene rings is 2. The van der Waals surface area contributed by atoms with Gasteiger partial charge in [0.05, 0.1) is 23.2 Å². The van der Waals surface area contributed by atoms with E-state index in [0.717, 1.165) is 25.3 Å². The summed E-state index contributed by atoms with van der Waals surface area (Å²) in [5.74, 6) is -2.49. The smallest absolute Gasteiger partial charge is 0.387 e. The summed E-state index contributed by atoms with van der Waals surface area (Å²) in [6.45, 7) is 1.80. The van der Waals surface area contributed by atoms with Crippen LogP contribution in [0.3, 0.4) is 0 Å². The molecule has 0 aliphatic heterocycles. The van der Waals surface area contributed by atoms with Gasteiger partial charge >= 0.3 is 18.6 Å². The highest BCUT2D eigenvalue weighted by Gasteiger charge is 2.26. The van der Waals surface area contributed by atoms with Crippen molar-refractivity contribution < 1.29 is 42.3 Å². The highest BCUT2D eigenvalue weighted by atomic mass is 19.3. The van der Waals surface area contributed by atoms with Gasteiger partial charge in [0.2, 0.25) is 5.78 Å². The van der Waals surface area contributed by atoms with E-state index in [0.29, 0.717) is 17.1 Å². The monoisotopic (exact) mass is 516 g/mol. The molecule has 194 valence electrons. The number of Topliss-reactive ketones (excluding diaryl/α,β-unsaturated/α-hetero) is 1. The molecule has 1 heterocycles. The second-order valence-corrected chi connectivity index (χ2v) is 7.92. The molecule has 1 aromatic heterocycles. The van der Waals surface area contributed by atoms with Crippen LogP contribution in [-0.4, -0.2) is 47.0 Å². The maximum Gasteiger partial charge on any atom is 0.387 e. The normalized spacial score (nSPS) is 11.6. The molecule has 0 spiro atoms. The fourth-order valence-electron chi connectivity index (χ4n) is 3.76. The summed E-state index contributed by atoms with van der Waals surface area (Å²) in [7, 11) is 1.09. The maximum atomic E-state index is 13.1. The molecular formula is C25H22F2N2O8. The number of alkyl halides is 2. The summed E-state index contributed by atoms with van der Waals surface area (Å²) in [5.41, 5.74) is 0.955. The quantitative estimate of drug-likeness (QED) is 0.171. The number of halogens is 2. The van der Waals surface area contributed by atoms with Crippen molar-refractivity contribution in [1.82, 2.24) is 4.57 Å². The van der Waals surface area contributed by atoms with E-state index in [9.17, 15) is 33.3 Å². The van der Waals surface area contributed by atoms with E-state index in [2.05, 4.69) is 9.47 Å². The van der Waals surface area contributed by atoms with Gasteiger partial charge < -0.3 is 18.8 Å². The standard InChI is InChI=1S/C25H22F2N2O8/c1-13-9-21(14(2)28(13)18-5-7-20(8-6-18)37-25(26)27)22(30)15(3)36-24(32)17-10-16(23(31)35-4)11-19(12-17)29(33)34/h5-12,15,25H,1-4H3. The Hall–Kier alpha value is -4.61. The van der Waals surface area contributed by atoms with Crippen molar-refractivity contribution in [3.8, 4) is 11.4 Å². The van der Waals surface area contributed by atoms with Crippen molar-refractivity contribution in [2.24, 2.45) is 0 Å². The molecule has 2 aromatic carbocycles. The summed E-state index contributed by atoms with van der Waals surface area (Å²) in [6.07, 6.45) is -1.27. The fourth-order valence-corrected chi connectivity index (χ4v) is 3.76. The first-order valence-electron chi connectivity index (χ1n) is 10.8. The minimum Gasteiger partial charge on any atom is -0.465 e. The minimum atomic E-state index is -2.96. The maximum absolute atomic E-state index is 13.1. The number of hydrogen-bond donors (Lipinski definition) is 0. The predicted octanol–water partition coefficient (Wildman–Crippen LogP) is 4.82. The number of ether oxygens (including phenoxy) is 3. The molecule has 3 aromatic rings. The molecule has 12 heteroatoms. The number of aromatic nitrogens is 1. The fraction of sp³-hybridized carbons (Fsp3) is 0.240. The van der Waals surface area contributed by atoms with E-state index in [1.807, 2.05) is 0 Å². The van der Waals surface area contributed by atoms with E-state index in [1.165, 1.54) is 19.1 Å². The van der Waals surface area contributed by atoms with Crippen LogP contribution in [0.25, 0.3) is 5.69 Å². The van der Waals surface area contributed by atoms with Gasteiger partial charge in [-0.05, 0) is 57.2 Å². The lowest BCUT2D eigenvalue weighted by Crippen LogP contribution is -2.25. The number of hydrogen-bond acceptors (Lipinski definition) is 8. The molecule has 0 aliphatic carbocycles. The average Bonchev–Trinajstić information content (AvgIpc) is 3.16. The van der Waals surface area contributed by atoms with Crippen LogP contribution in [0.5, 0.6) is 5.75 Å². The van der Waals surface area contributed by atoms with Crippen molar-refractivity contribution in [2.75, 3.05) is 7.11 Å². The van der Waals surface area contributed by atoms with E-state index in [-0.39, 0.29) is 22.4 Å². The number of methoxy groups -OCH3 is 1. The number of aryl methyl sites for hydroxylation is 1. The second-order valence-electron chi connectivity index (χ2n) is 7.92. The average molecular weight is 516 g/mol. The third kappa shape index (κ3) is 5.97. The topological polar surface area (TPSA) is 127 Å². The molecule has 0 N–H and O–H groups in total. The molecule has 10 nitrogen and oxygen atoms in total. The lowest BCUT2D eigenvalue weighted by atomic mass is 10.1. The van der Waals surface area contributed by atoms with Crippen LogP contribution in [0.1, 0.15) is 49.4 Å². The van der Waals surface area contributed by atoms with Crippen molar-refractivity contribution in [1.29, 1.82) is 0 Å². The first-order chi connectivity index (χ1) is 17.4. The van der Waals surface area contributed by atoms with Gasteiger partial charge in [-0.1, -0.05) is 0 Å². The lowest BCUT2D eigenvalue weighted by Gasteiger charge is -2.14. The number of ketones is 1. The third-order valence-corrected chi connectivity index (χ3v) is 5.46. The summed E-state index contributed by atoms with van der Waals surface area (Å²) >= 11 is 0. The Bertz CT molecular complexity index is 1370. The molecule has 0 bridgehead atoms. The summed E-state index contributed by atoms with van der Waals surface area (Å²) in [6, 6.07) is 10.4. The van der Waals surface area contributed by atoms with E-state index < -0.39 is 41.0 Å². The summed E-state index contributed by atoms with van der Waals surface area (Å²) in [5, 5.41) is 11.2. The number of nitro groups is 1. The number of carbonyl (C=O) groups excluding carboxylic acids is 3. The van der Waals surface area contributed by atoms with Crippen LogP contribution < -0.4 is 4.74 Å². The molecule has 0 radical (unpaired) electrons. The number of nitrogens with zero attached hydrogens (tertiary/aromatic N) is 2. The van der Waals surface area contributed by atoms with Gasteiger partial charge in [-0.2, -0.15) is 8.78 Å². The van der Waals surface area contributed by atoms with Crippen molar-refractivity contribution in [3.05, 3.63) is 86.7 Å². The van der Waals surface area contributed by atoms with E-state index in [1.54, 1.807) is 36.6 Å². The van der Waals surface area contributed by atoms with Crippen LogP contribution in [0.2, 0.25) is 0 Å². The Labute approximate surface area is 209 Å². The number of nitro benzene ring substituents is 1. The molecule has 0 aliphatic rings. The van der Waals surface area contributed by atoms with Gasteiger partial charge in [0.15, 0.2) is 6.10 Å². The Morgan fingerprint density at radius 3 is 2.11 bits per heavy atom. The molecule has 0 fully saturated rings. The largest absolute Gasteiger partial charge is 0.465 e. The summed E-state index contributed by atoms with van der Waals surface area (Å²) < 4.78 is 40.7. The Morgan fingerprint density at radius 2 is 1.57 bits per heavy atom. The molecule has 0 amide bonds. The van der Waals surface area contributed by atoms with Crippen molar-refractivity contribution >= 4 is 23.4 Å².